The van der Waals surface area contributed by atoms with Gasteiger partial charge in [-0.3, -0.25) is 9.78 Å². The minimum atomic E-state index is 0.0566. The number of carbonyl (C=O) groups is 1. The second-order valence-electron chi connectivity index (χ2n) is 9.99. The maximum Gasteiger partial charge on any atom is 0.217 e. The van der Waals surface area contributed by atoms with Gasteiger partial charge in [0.05, 0.1) is 34.2 Å². The van der Waals surface area contributed by atoms with Crippen LogP contribution < -0.4 is 10.6 Å². The van der Waals surface area contributed by atoms with Crippen molar-refractivity contribution in [1.29, 1.82) is 5.26 Å². The van der Waals surface area contributed by atoms with E-state index < -0.39 is 0 Å². The van der Waals surface area contributed by atoms with E-state index in [2.05, 4.69) is 45.8 Å². The Balaban J connectivity index is 1.28. The van der Waals surface area contributed by atoms with Crippen LogP contribution in [0.25, 0.3) is 27.5 Å². The molecule has 2 aliphatic carbocycles. The molecule has 10 heteroatoms. The highest BCUT2D eigenvalue weighted by atomic mass is 32.1. The SMILES string of the molecule is CC(=O)NC1[C@H]2CC(c3nnc(-c4cnc(-c5ccc6cc(C#N)cnn56)cc4NC(C)C)s3)C[C@@H]12. The zero-order valence-electron chi connectivity index (χ0n) is 20.3. The van der Waals surface area contributed by atoms with Crippen LogP contribution in [0.15, 0.2) is 36.7 Å². The Bertz CT molecular complexity index is 1500. The largest absolute Gasteiger partial charge is 0.382 e. The molecule has 9 nitrogen and oxygen atoms in total. The molecule has 182 valence electrons. The second kappa shape index (κ2) is 8.68. The van der Waals surface area contributed by atoms with Gasteiger partial charge in [-0.05, 0) is 62.8 Å². The molecule has 2 unspecified atom stereocenters. The first-order chi connectivity index (χ1) is 17.4. The molecule has 0 radical (unpaired) electrons. The van der Waals surface area contributed by atoms with Crippen molar-refractivity contribution < 1.29 is 4.79 Å². The predicted molar refractivity (Wildman–Crippen MR) is 137 cm³/mol. The van der Waals surface area contributed by atoms with Gasteiger partial charge in [0, 0.05) is 36.8 Å². The van der Waals surface area contributed by atoms with E-state index in [1.54, 1.807) is 29.0 Å². The van der Waals surface area contributed by atoms with E-state index in [-0.39, 0.29) is 11.9 Å². The average Bonchev–Trinajstić information content (AvgIpc) is 3.34. The smallest absolute Gasteiger partial charge is 0.217 e. The van der Waals surface area contributed by atoms with E-state index >= 15 is 0 Å². The summed E-state index contributed by atoms with van der Waals surface area (Å²) in [6.07, 6.45) is 5.53. The van der Waals surface area contributed by atoms with Gasteiger partial charge in [0.1, 0.15) is 11.1 Å². The minimum Gasteiger partial charge on any atom is -0.382 e. The van der Waals surface area contributed by atoms with E-state index in [9.17, 15) is 4.79 Å². The third-order valence-electron chi connectivity index (χ3n) is 7.08. The Morgan fingerprint density at radius 3 is 2.72 bits per heavy atom. The Kier molecular flexibility index (Phi) is 5.45. The topological polar surface area (TPSA) is 121 Å². The van der Waals surface area contributed by atoms with Crippen LogP contribution in [0.2, 0.25) is 0 Å². The first-order valence-corrected chi connectivity index (χ1v) is 13.0. The lowest BCUT2D eigenvalue weighted by Gasteiger charge is -2.14. The van der Waals surface area contributed by atoms with E-state index in [4.69, 9.17) is 10.2 Å². The summed E-state index contributed by atoms with van der Waals surface area (Å²) in [7, 11) is 0. The molecule has 1 amide bonds. The van der Waals surface area contributed by atoms with Crippen LogP contribution in [-0.2, 0) is 4.79 Å². The number of carbonyl (C=O) groups excluding carboxylic acids is 1. The Hall–Kier alpha value is -3.84. The van der Waals surface area contributed by atoms with Gasteiger partial charge in [-0.25, -0.2) is 4.52 Å². The zero-order chi connectivity index (χ0) is 25.0. The molecular formula is C26H26N8OS. The van der Waals surface area contributed by atoms with Crippen molar-refractivity contribution in [1.82, 2.24) is 30.1 Å². The molecule has 4 atom stereocenters. The lowest BCUT2D eigenvalue weighted by molar-refractivity contribution is -0.119. The number of amides is 1. The van der Waals surface area contributed by atoms with Crippen molar-refractivity contribution in [3.05, 3.63) is 47.2 Å². The first-order valence-electron chi connectivity index (χ1n) is 12.2. The summed E-state index contributed by atoms with van der Waals surface area (Å²) in [5.74, 6) is 1.60. The molecule has 4 aromatic heterocycles. The molecule has 2 N–H and O–H groups in total. The third-order valence-corrected chi connectivity index (χ3v) is 8.19. The lowest BCUT2D eigenvalue weighted by atomic mass is 10.0. The van der Waals surface area contributed by atoms with Crippen molar-refractivity contribution in [3.8, 4) is 28.0 Å². The predicted octanol–water partition coefficient (Wildman–Crippen LogP) is 4.23. The van der Waals surface area contributed by atoms with Gasteiger partial charge >= 0.3 is 0 Å². The fraction of sp³-hybridized carbons (Fsp3) is 0.385. The standard InChI is InChI=1S/C26H26N8OS/c1-13(2)30-21-9-22(23-5-4-17-6-15(10-27)11-29-34(17)23)28-12-20(21)26-33-32-25(36-26)16-7-18-19(8-16)24(18)31-14(3)35/h4-6,9,11-13,16,18-19,24H,7-8H2,1-3H3,(H,28,30)(H,31,35)/t16?,18-,19+,24?. The first kappa shape index (κ1) is 22.6. The fourth-order valence-corrected chi connectivity index (χ4v) is 6.44. The average molecular weight is 499 g/mol. The van der Waals surface area contributed by atoms with Crippen LogP contribution in [0.5, 0.6) is 0 Å². The molecule has 36 heavy (non-hydrogen) atoms. The van der Waals surface area contributed by atoms with Gasteiger partial charge < -0.3 is 10.6 Å². The molecule has 4 heterocycles. The van der Waals surface area contributed by atoms with Crippen LogP contribution in [0, 0.1) is 23.2 Å². The van der Waals surface area contributed by atoms with E-state index in [0.717, 1.165) is 51.0 Å². The number of aromatic nitrogens is 5. The number of fused-ring (bicyclic) bond motifs is 2. The number of nitriles is 1. The molecule has 2 aliphatic rings. The maximum atomic E-state index is 11.4. The summed E-state index contributed by atoms with van der Waals surface area (Å²) in [5, 5.41) is 31.2. The number of hydrogen-bond acceptors (Lipinski definition) is 8. The number of pyridine rings is 1. The number of nitrogens with zero attached hydrogens (tertiary/aromatic N) is 6. The van der Waals surface area contributed by atoms with Gasteiger partial charge in [0.2, 0.25) is 5.91 Å². The maximum absolute atomic E-state index is 11.4. The van der Waals surface area contributed by atoms with Gasteiger partial charge in [-0.2, -0.15) is 10.4 Å². The van der Waals surface area contributed by atoms with E-state index in [0.29, 0.717) is 29.4 Å². The lowest BCUT2D eigenvalue weighted by Crippen LogP contribution is -2.26. The number of rotatable bonds is 6. The summed E-state index contributed by atoms with van der Waals surface area (Å²) in [6.45, 7) is 5.79. The van der Waals surface area contributed by atoms with Gasteiger partial charge in [0.25, 0.3) is 0 Å². The highest BCUT2D eigenvalue weighted by Gasteiger charge is 2.57. The summed E-state index contributed by atoms with van der Waals surface area (Å²) >= 11 is 1.63. The Labute approximate surface area is 212 Å². The third kappa shape index (κ3) is 3.99. The summed E-state index contributed by atoms with van der Waals surface area (Å²) in [5.41, 5.74) is 4.87. The van der Waals surface area contributed by atoms with Crippen LogP contribution in [0.4, 0.5) is 5.69 Å². The van der Waals surface area contributed by atoms with Crippen LogP contribution in [0.3, 0.4) is 0 Å². The second-order valence-corrected chi connectivity index (χ2v) is 11.0. The molecule has 0 bridgehead atoms. The Morgan fingerprint density at radius 1 is 1.19 bits per heavy atom. The molecule has 0 spiro atoms. The molecule has 4 aromatic rings. The van der Waals surface area contributed by atoms with Gasteiger partial charge in [-0.15, -0.1) is 10.2 Å². The van der Waals surface area contributed by atoms with Crippen molar-refractivity contribution in [2.45, 2.75) is 51.6 Å². The number of hydrogen-bond donors (Lipinski definition) is 2. The summed E-state index contributed by atoms with van der Waals surface area (Å²) < 4.78 is 1.80. The number of anilines is 1. The highest BCUT2D eigenvalue weighted by molar-refractivity contribution is 7.14. The van der Waals surface area contributed by atoms with Crippen molar-refractivity contribution in [2.24, 2.45) is 11.8 Å². The number of nitrogens with one attached hydrogen (secondary N) is 2. The molecule has 0 saturated heterocycles. The minimum absolute atomic E-state index is 0.0566. The summed E-state index contributed by atoms with van der Waals surface area (Å²) in [4.78, 5) is 16.1. The highest BCUT2D eigenvalue weighted by Crippen LogP contribution is 2.58. The molecule has 2 saturated carbocycles. The van der Waals surface area contributed by atoms with Gasteiger partial charge in [0.15, 0.2) is 5.01 Å². The molecule has 2 fully saturated rings. The molecule has 0 aromatic carbocycles. The normalized spacial score (nSPS) is 22.4. The summed E-state index contributed by atoms with van der Waals surface area (Å²) in [6, 6.07) is 10.4. The monoisotopic (exact) mass is 498 g/mol. The molecular weight excluding hydrogens is 472 g/mol. The van der Waals surface area contributed by atoms with Crippen LogP contribution >= 0.6 is 11.3 Å². The van der Waals surface area contributed by atoms with Crippen molar-refractivity contribution in [2.75, 3.05) is 5.32 Å². The van der Waals surface area contributed by atoms with Crippen molar-refractivity contribution in [3.63, 3.8) is 0 Å². The zero-order valence-corrected chi connectivity index (χ0v) is 21.1. The quantitative estimate of drug-likeness (QED) is 0.408. The van der Waals surface area contributed by atoms with E-state index in [1.165, 1.54) is 0 Å². The van der Waals surface area contributed by atoms with Gasteiger partial charge in [-0.1, -0.05) is 11.3 Å². The van der Waals surface area contributed by atoms with Crippen LogP contribution in [0.1, 0.15) is 50.1 Å². The van der Waals surface area contributed by atoms with E-state index in [1.807, 2.05) is 30.5 Å². The molecule has 6 rings (SSSR count). The van der Waals surface area contributed by atoms with Crippen LogP contribution in [-0.4, -0.2) is 42.8 Å². The fourth-order valence-electron chi connectivity index (χ4n) is 5.45. The van der Waals surface area contributed by atoms with Crippen molar-refractivity contribution >= 4 is 28.4 Å². The molecule has 0 aliphatic heterocycles. The Morgan fingerprint density at radius 2 is 2.00 bits per heavy atom.